The van der Waals surface area contributed by atoms with Gasteiger partial charge in [-0.3, -0.25) is 14.1 Å². The third-order valence-corrected chi connectivity index (χ3v) is 5.62. The van der Waals surface area contributed by atoms with Crippen molar-refractivity contribution in [1.82, 2.24) is 29.1 Å². The Kier molecular flexibility index (Phi) is 4.75. The van der Waals surface area contributed by atoms with Gasteiger partial charge in [0.25, 0.3) is 0 Å². The molecule has 0 spiro atoms. The van der Waals surface area contributed by atoms with E-state index in [-0.39, 0.29) is 10.8 Å². The Hall–Kier alpha value is -3.98. The van der Waals surface area contributed by atoms with Gasteiger partial charge in [0.2, 0.25) is 11.8 Å². The van der Waals surface area contributed by atoms with Gasteiger partial charge in [-0.15, -0.1) is 0 Å². The smallest absolute Gasteiger partial charge is 0.333 e. The van der Waals surface area contributed by atoms with E-state index in [4.69, 9.17) is 16.3 Å². The molecule has 1 aromatic carbocycles. The first-order valence-corrected chi connectivity index (χ1v) is 10.1. The van der Waals surface area contributed by atoms with Crippen molar-refractivity contribution in [3.05, 3.63) is 64.6 Å². The largest absolute Gasteiger partial charge is 0.481 e. The SMILES string of the molecule is CNc1ncc(-c2ccc3ncc4c(c3c2)n(-c2ccc(OC)nc2Cl)c(=O)n4C)cn1. The number of nitrogens with one attached hydrogen (secondary N) is 1. The van der Waals surface area contributed by atoms with Crippen LogP contribution in [-0.4, -0.2) is 43.2 Å². The van der Waals surface area contributed by atoms with Crippen molar-refractivity contribution in [3.63, 3.8) is 0 Å². The number of pyridine rings is 2. The standard InChI is InChI=1S/C22H18ClN7O2/c1-24-21-26-9-13(10-27-21)12-4-5-15-14(8-12)19-17(11-25-15)29(2)22(31)30(19)16-6-7-18(32-3)28-20(16)23/h4-11H,1-3H3,(H,24,26,27). The highest BCUT2D eigenvalue weighted by Gasteiger charge is 2.19. The molecule has 0 unspecified atom stereocenters. The predicted octanol–water partition coefficient (Wildman–Crippen LogP) is 3.43. The molecule has 1 N–H and O–H groups in total. The van der Waals surface area contributed by atoms with Gasteiger partial charge >= 0.3 is 5.69 Å². The fourth-order valence-corrected chi connectivity index (χ4v) is 3.93. The summed E-state index contributed by atoms with van der Waals surface area (Å²) in [5, 5.41) is 3.86. The van der Waals surface area contributed by atoms with E-state index in [9.17, 15) is 4.79 Å². The molecule has 0 saturated heterocycles. The number of nitrogens with zero attached hydrogens (tertiary/aromatic N) is 6. The van der Waals surface area contributed by atoms with Crippen LogP contribution in [0.5, 0.6) is 5.88 Å². The molecule has 9 nitrogen and oxygen atoms in total. The second kappa shape index (κ2) is 7.61. The number of fused-ring (bicyclic) bond motifs is 3. The molecule has 5 aromatic rings. The maximum Gasteiger partial charge on any atom is 0.333 e. The quantitative estimate of drug-likeness (QED) is 0.421. The lowest BCUT2D eigenvalue weighted by molar-refractivity contribution is 0.398. The molecule has 0 aliphatic heterocycles. The number of methoxy groups -OCH3 is 1. The average Bonchev–Trinajstić information content (AvgIpc) is 3.09. The Balaban J connectivity index is 1.82. The number of hydrogen-bond donors (Lipinski definition) is 1. The van der Waals surface area contributed by atoms with Gasteiger partial charge in [-0.1, -0.05) is 17.7 Å². The van der Waals surface area contributed by atoms with Crippen molar-refractivity contribution in [1.29, 1.82) is 0 Å². The second-order valence-electron chi connectivity index (χ2n) is 7.11. The minimum Gasteiger partial charge on any atom is -0.481 e. The first-order valence-electron chi connectivity index (χ1n) is 9.73. The fraction of sp³-hybridized carbons (Fsp3) is 0.136. The molecule has 0 atom stereocenters. The number of anilines is 1. The molecule has 160 valence electrons. The fourth-order valence-electron chi connectivity index (χ4n) is 3.70. The van der Waals surface area contributed by atoms with Crippen molar-refractivity contribution in [2.75, 3.05) is 19.5 Å². The van der Waals surface area contributed by atoms with Crippen LogP contribution in [0.4, 0.5) is 5.95 Å². The molecule has 5 rings (SSSR count). The number of aromatic nitrogens is 6. The topological polar surface area (TPSA) is 99.8 Å². The van der Waals surface area contributed by atoms with Crippen molar-refractivity contribution >= 4 is 39.5 Å². The van der Waals surface area contributed by atoms with E-state index in [1.165, 1.54) is 7.11 Å². The van der Waals surface area contributed by atoms with Gasteiger partial charge in [-0.05, 0) is 23.8 Å². The zero-order chi connectivity index (χ0) is 22.4. The number of ether oxygens (including phenoxy) is 1. The molecule has 0 bridgehead atoms. The van der Waals surface area contributed by atoms with Crippen LogP contribution in [0.1, 0.15) is 0 Å². The Morgan fingerprint density at radius 1 is 1.03 bits per heavy atom. The number of benzene rings is 1. The van der Waals surface area contributed by atoms with Gasteiger partial charge in [0, 0.05) is 43.5 Å². The molecular weight excluding hydrogens is 430 g/mol. The van der Waals surface area contributed by atoms with Gasteiger partial charge in [-0.2, -0.15) is 4.98 Å². The maximum absolute atomic E-state index is 13.2. The molecule has 0 radical (unpaired) electrons. The highest BCUT2D eigenvalue weighted by Crippen LogP contribution is 2.31. The molecule has 0 fully saturated rings. The van der Waals surface area contributed by atoms with Gasteiger partial charge < -0.3 is 10.1 Å². The number of halogens is 1. The van der Waals surface area contributed by atoms with Crippen LogP contribution in [-0.2, 0) is 7.05 Å². The summed E-state index contributed by atoms with van der Waals surface area (Å²) in [6.45, 7) is 0. The minimum absolute atomic E-state index is 0.163. The van der Waals surface area contributed by atoms with Crippen molar-refractivity contribution in [2.45, 2.75) is 0 Å². The molecular formula is C22H18ClN7O2. The van der Waals surface area contributed by atoms with Crippen LogP contribution >= 0.6 is 11.6 Å². The highest BCUT2D eigenvalue weighted by atomic mass is 35.5. The lowest BCUT2D eigenvalue weighted by Gasteiger charge is -2.09. The lowest BCUT2D eigenvalue weighted by atomic mass is 10.1. The van der Waals surface area contributed by atoms with Gasteiger partial charge in [0.05, 0.1) is 35.5 Å². The summed E-state index contributed by atoms with van der Waals surface area (Å²) in [6.07, 6.45) is 5.18. The van der Waals surface area contributed by atoms with Gasteiger partial charge in [-0.25, -0.2) is 14.8 Å². The number of imidazole rings is 1. The summed E-state index contributed by atoms with van der Waals surface area (Å²) in [5.41, 5.74) is 4.05. The molecule has 0 aliphatic rings. The van der Waals surface area contributed by atoms with Crippen LogP contribution in [0, 0.1) is 0 Å². The maximum atomic E-state index is 13.2. The van der Waals surface area contributed by atoms with E-state index in [2.05, 4.69) is 25.3 Å². The summed E-state index contributed by atoms with van der Waals surface area (Å²) in [7, 11) is 4.98. The first kappa shape index (κ1) is 20.0. The Morgan fingerprint density at radius 3 is 2.50 bits per heavy atom. The molecule has 0 saturated carbocycles. The van der Waals surface area contributed by atoms with Gasteiger partial charge in [0.1, 0.15) is 0 Å². The van der Waals surface area contributed by atoms with E-state index in [0.717, 1.165) is 22.0 Å². The third-order valence-electron chi connectivity index (χ3n) is 5.35. The van der Waals surface area contributed by atoms with E-state index < -0.39 is 0 Å². The Bertz CT molecular complexity index is 1540. The average molecular weight is 448 g/mol. The van der Waals surface area contributed by atoms with Crippen LogP contribution < -0.4 is 15.7 Å². The Labute approximate surface area is 187 Å². The van der Waals surface area contributed by atoms with E-state index in [1.807, 2.05) is 18.2 Å². The van der Waals surface area contributed by atoms with Crippen molar-refractivity contribution < 1.29 is 4.74 Å². The highest BCUT2D eigenvalue weighted by molar-refractivity contribution is 6.31. The minimum atomic E-state index is -0.254. The number of hydrogen-bond acceptors (Lipinski definition) is 7. The summed E-state index contributed by atoms with van der Waals surface area (Å²) in [4.78, 5) is 30.6. The van der Waals surface area contributed by atoms with Crippen LogP contribution in [0.2, 0.25) is 5.15 Å². The molecule has 32 heavy (non-hydrogen) atoms. The lowest BCUT2D eigenvalue weighted by Crippen LogP contribution is -2.21. The summed E-state index contributed by atoms with van der Waals surface area (Å²) >= 11 is 6.43. The number of aryl methyl sites for hydroxylation is 1. The summed E-state index contributed by atoms with van der Waals surface area (Å²) in [5.74, 6) is 0.906. The molecule has 4 heterocycles. The van der Waals surface area contributed by atoms with Crippen LogP contribution in [0.25, 0.3) is 38.8 Å². The monoisotopic (exact) mass is 447 g/mol. The second-order valence-corrected chi connectivity index (χ2v) is 7.47. The normalized spacial score (nSPS) is 11.2. The Morgan fingerprint density at radius 2 is 1.81 bits per heavy atom. The van der Waals surface area contributed by atoms with E-state index >= 15 is 0 Å². The predicted molar refractivity (Wildman–Crippen MR) is 124 cm³/mol. The molecule has 0 aliphatic carbocycles. The van der Waals surface area contributed by atoms with Crippen molar-refractivity contribution in [2.24, 2.45) is 7.05 Å². The van der Waals surface area contributed by atoms with Gasteiger partial charge in [0.15, 0.2) is 5.15 Å². The first-order chi connectivity index (χ1) is 15.5. The van der Waals surface area contributed by atoms with Crippen LogP contribution in [0.15, 0.2) is 53.7 Å². The van der Waals surface area contributed by atoms with Crippen LogP contribution in [0.3, 0.4) is 0 Å². The molecule has 0 amide bonds. The zero-order valence-electron chi connectivity index (χ0n) is 17.5. The number of rotatable bonds is 4. The molecule has 10 heteroatoms. The molecule has 4 aromatic heterocycles. The third kappa shape index (κ3) is 3.05. The van der Waals surface area contributed by atoms with E-state index in [1.54, 1.807) is 54.0 Å². The van der Waals surface area contributed by atoms with E-state index in [0.29, 0.717) is 28.5 Å². The summed E-state index contributed by atoms with van der Waals surface area (Å²) in [6, 6.07) is 9.22. The summed E-state index contributed by atoms with van der Waals surface area (Å²) < 4.78 is 8.24. The van der Waals surface area contributed by atoms with Crippen molar-refractivity contribution in [3.8, 4) is 22.7 Å². The zero-order valence-corrected chi connectivity index (χ0v) is 18.3.